The molecular formula is C15H19F2N. The number of anilines is 1. The number of hydrogen-bond acceptors (Lipinski definition) is 1. The third kappa shape index (κ3) is 1.72. The van der Waals surface area contributed by atoms with E-state index in [9.17, 15) is 8.78 Å². The molecule has 0 N–H and O–H groups in total. The monoisotopic (exact) mass is 251 g/mol. The van der Waals surface area contributed by atoms with E-state index in [0.717, 1.165) is 19.0 Å². The summed E-state index contributed by atoms with van der Waals surface area (Å²) in [6, 6.07) is 4.43. The Balaban J connectivity index is 1.75. The van der Waals surface area contributed by atoms with E-state index >= 15 is 0 Å². The second-order valence-corrected chi connectivity index (χ2v) is 6.70. The maximum absolute atomic E-state index is 13.7. The van der Waals surface area contributed by atoms with Gasteiger partial charge in [0.15, 0.2) is 11.6 Å². The van der Waals surface area contributed by atoms with E-state index in [1.165, 1.54) is 6.07 Å². The van der Waals surface area contributed by atoms with Crippen LogP contribution in [0.2, 0.25) is 0 Å². The fourth-order valence-electron chi connectivity index (χ4n) is 3.74. The molecule has 0 spiro atoms. The first-order chi connectivity index (χ1) is 8.39. The lowest BCUT2D eigenvalue weighted by molar-refractivity contribution is 0.309. The first-order valence-corrected chi connectivity index (χ1v) is 6.58. The molecule has 1 nitrogen and oxygen atoms in total. The van der Waals surface area contributed by atoms with E-state index in [1.807, 2.05) is 4.90 Å². The summed E-state index contributed by atoms with van der Waals surface area (Å²) in [4.78, 5) is 2.00. The summed E-state index contributed by atoms with van der Waals surface area (Å²) in [6.07, 6.45) is 0. The van der Waals surface area contributed by atoms with Crippen molar-refractivity contribution in [2.24, 2.45) is 23.2 Å². The number of hydrogen-bond donors (Lipinski definition) is 0. The van der Waals surface area contributed by atoms with Crippen LogP contribution in [0.3, 0.4) is 0 Å². The molecule has 2 atom stereocenters. The van der Waals surface area contributed by atoms with Gasteiger partial charge in [0.1, 0.15) is 0 Å². The largest absolute Gasteiger partial charge is 0.368 e. The molecule has 98 valence electrons. The minimum atomic E-state index is -0.750. The summed E-state index contributed by atoms with van der Waals surface area (Å²) in [5.74, 6) is 0.609. The summed E-state index contributed by atoms with van der Waals surface area (Å²) in [5.41, 5.74) is 0.761. The van der Waals surface area contributed by atoms with E-state index < -0.39 is 11.6 Å². The summed E-state index contributed by atoms with van der Waals surface area (Å²) in [7, 11) is 0. The lowest BCUT2D eigenvalue weighted by atomic mass is 9.87. The zero-order valence-corrected chi connectivity index (χ0v) is 11.1. The van der Waals surface area contributed by atoms with Gasteiger partial charge in [-0.1, -0.05) is 26.8 Å². The van der Waals surface area contributed by atoms with E-state index in [2.05, 4.69) is 20.8 Å². The van der Waals surface area contributed by atoms with Crippen molar-refractivity contribution in [3.05, 3.63) is 29.8 Å². The van der Waals surface area contributed by atoms with Gasteiger partial charge in [0.25, 0.3) is 0 Å². The fourth-order valence-corrected chi connectivity index (χ4v) is 3.74. The molecule has 3 heteroatoms. The lowest BCUT2D eigenvalue weighted by Crippen LogP contribution is -2.28. The molecule has 1 aliphatic heterocycles. The predicted molar refractivity (Wildman–Crippen MR) is 68.5 cm³/mol. The third-order valence-electron chi connectivity index (χ3n) is 4.47. The van der Waals surface area contributed by atoms with Crippen molar-refractivity contribution in [3.63, 3.8) is 0 Å². The molecule has 1 aromatic carbocycles. The Bertz CT molecular complexity index is 466. The van der Waals surface area contributed by atoms with Crippen LogP contribution < -0.4 is 4.90 Å². The Hall–Kier alpha value is -1.12. The summed E-state index contributed by atoms with van der Waals surface area (Å²) >= 11 is 0. The van der Waals surface area contributed by atoms with Crippen LogP contribution in [0.4, 0.5) is 14.5 Å². The van der Waals surface area contributed by atoms with Gasteiger partial charge in [0.05, 0.1) is 5.69 Å². The minimum Gasteiger partial charge on any atom is -0.368 e. The molecule has 0 amide bonds. The molecule has 3 rings (SSSR count). The molecule has 18 heavy (non-hydrogen) atoms. The Morgan fingerprint density at radius 1 is 1.11 bits per heavy atom. The number of rotatable bonds is 1. The van der Waals surface area contributed by atoms with E-state index in [-0.39, 0.29) is 0 Å². The van der Waals surface area contributed by atoms with E-state index in [4.69, 9.17) is 0 Å². The van der Waals surface area contributed by atoms with Gasteiger partial charge in [-0.05, 0) is 35.3 Å². The quantitative estimate of drug-likeness (QED) is 0.735. The van der Waals surface area contributed by atoms with Gasteiger partial charge < -0.3 is 4.90 Å². The molecule has 1 aromatic rings. The van der Waals surface area contributed by atoms with Crippen LogP contribution in [0.15, 0.2) is 18.2 Å². The molecule has 0 aromatic heterocycles. The van der Waals surface area contributed by atoms with Crippen molar-refractivity contribution in [1.82, 2.24) is 0 Å². The highest BCUT2D eigenvalue weighted by Gasteiger charge is 2.60. The van der Waals surface area contributed by atoms with Crippen molar-refractivity contribution in [2.45, 2.75) is 20.8 Å². The maximum atomic E-state index is 13.7. The van der Waals surface area contributed by atoms with Crippen LogP contribution in [0.1, 0.15) is 20.8 Å². The summed E-state index contributed by atoms with van der Waals surface area (Å²) < 4.78 is 26.9. The molecule has 1 saturated carbocycles. The van der Waals surface area contributed by atoms with Gasteiger partial charge in [0.2, 0.25) is 0 Å². The predicted octanol–water partition coefficient (Wildman–Crippen LogP) is 3.69. The average Bonchev–Trinajstić information content (AvgIpc) is 2.81. The standard InChI is InChI=1S/C15H19F2N/c1-15(2,3)13-9-7-18(8-10(9)13)12-6-4-5-11(16)14(12)17/h4-6,9-10,13H,7-8H2,1-3H3. The van der Waals surface area contributed by atoms with Crippen LogP contribution >= 0.6 is 0 Å². The Kier molecular flexibility index (Phi) is 2.45. The highest BCUT2D eigenvalue weighted by atomic mass is 19.2. The smallest absolute Gasteiger partial charge is 0.182 e. The van der Waals surface area contributed by atoms with Crippen LogP contribution in [-0.4, -0.2) is 13.1 Å². The first kappa shape index (κ1) is 11.9. The maximum Gasteiger partial charge on any atom is 0.182 e. The molecule has 1 saturated heterocycles. The van der Waals surface area contributed by atoms with Gasteiger partial charge in [-0.15, -0.1) is 0 Å². The number of nitrogens with zero attached hydrogens (tertiary/aromatic N) is 1. The fraction of sp³-hybridized carbons (Fsp3) is 0.600. The average molecular weight is 251 g/mol. The molecule has 0 radical (unpaired) electrons. The van der Waals surface area contributed by atoms with Gasteiger partial charge in [-0.2, -0.15) is 0 Å². The Morgan fingerprint density at radius 3 is 2.28 bits per heavy atom. The highest BCUT2D eigenvalue weighted by Crippen LogP contribution is 2.60. The molecule has 2 fully saturated rings. The van der Waals surface area contributed by atoms with Crippen LogP contribution in [0, 0.1) is 34.8 Å². The van der Waals surface area contributed by atoms with Crippen molar-refractivity contribution >= 4 is 5.69 Å². The van der Waals surface area contributed by atoms with Crippen molar-refractivity contribution < 1.29 is 8.78 Å². The summed E-state index contributed by atoms with van der Waals surface area (Å²) in [5, 5.41) is 0. The molecule has 1 heterocycles. The second kappa shape index (κ2) is 3.69. The molecule has 2 aliphatic rings. The van der Waals surface area contributed by atoms with Crippen molar-refractivity contribution in [2.75, 3.05) is 18.0 Å². The van der Waals surface area contributed by atoms with Gasteiger partial charge >= 0.3 is 0 Å². The molecular weight excluding hydrogens is 232 g/mol. The van der Waals surface area contributed by atoms with Crippen LogP contribution in [0.5, 0.6) is 0 Å². The van der Waals surface area contributed by atoms with Gasteiger partial charge in [-0.25, -0.2) is 8.78 Å². The Morgan fingerprint density at radius 2 is 1.72 bits per heavy atom. The van der Waals surface area contributed by atoms with Crippen molar-refractivity contribution in [1.29, 1.82) is 0 Å². The number of fused-ring (bicyclic) bond motifs is 1. The Labute approximate surface area is 107 Å². The van der Waals surface area contributed by atoms with Crippen molar-refractivity contribution in [3.8, 4) is 0 Å². The highest BCUT2D eigenvalue weighted by molar-refractivity contribution is 5.50. The number of halogens is 2. The zero-order valence-electron chi connectivity index (χ0n) is 11.1. The van der Waals surface area contributed by atoms with E-state index in [1.54, 1.807) is 12.1 Å². The molecule has 2 unspecified atom stereocenters. The topological polar surface area (TPSA) is 3.24 Å². The second-order valence-electron chi connectivity index (χ2n) is 6.70. The summed E-state index contributed by atoms with van der Waals surface area (Å²) in [6.45, 7) is 8.54. The van der Waals surface area contributed by atoms with Crippen LogP contribution in [-0.2, 0) is 0 Å². The minimum absolute atomic E-state index is 0.335. The normalized spacial score (nSPS) is 30.5. The molecule has 1 aliphatic carbocycles. The van der Waals surface area contributed by atoms with Gasteiger partial charge in [-0.3, -0.25) is 0 Å². The SMILES string of the molecule is CC(C)(C)C1C2CN(c3cccc(F)c3F)CC21. The number of benzene rings is 1. The first-order valence-electron chi connectivity index (χ1n) is 6.58. The zero-order chi connectivity index (χ0) is 13.1. The van der Waals surface area contributed by atoms with Gasteiger partial charge in [0, 0.05) is 13.1 Å². The third-order valence-corrected chi connectivity index (χ3v) is 4.47. The lowest BCUT2D eigenvalue weighted by Gasteiger charge is -2.27. The number of piperidine rings is 1. The van der Waals surface area contributed by atoms with E-state index in [0.29, 0.717) is 22.9 Å². The van der Waals surface area contributed by atoms with Crippen LogP contribution in [0.25, 0.3) is 0 Å². The molecule has 0 bridgehead atoms.